The smallest absolute Gasteiger partial charge is 0.257 e. The lowest BCUT2D eigenvalue weighted by atomic mass is 9.96. The maximum absolute atomic E-state index is 12.4. The van der Waals surface area contributed by atoms with Gasteiger partial charge in [-0.1, -0.05) is 29.8 Å². The van der Waals surface area contributed by atoms with E-state index in [9.17, 15) is 9.59 Å². The third-order valence-electron chi connectivity index (χ3n) is 5.17. The van der Waals surface area contributed by atoms with Crippen molar-refractivity contribution in [2.45, 2.75) is 19.3 Å². The van der Waals surface area contributed by atoms with Gasteiger partial charge in [-0.15, -0.1) is 0 Å². The zero-order chi connectivity index (χ0) is 19.5. The molecule has 0 unspecified atom stereocenters. The number of halogens is 1. The summed E-state index contributed by atoms with van der Waals surface area (Å²) in [6.45, 7) is 1.30. The minimum atomic E-state index is -0.373. The van der Waals surface area contributed by atoms with Crippen LogP contribution in [0.15, 0.2) is 42.5 Å². The Morgan fingerprint density at radius 1 is 1.14 bits per heavy atom. The predicted octanol–water partition coefficient (Wildman–Crippen LogP) is 2.49. The van der Waals surface area contributed by atoms with Gasteiger partial charge in [-0.3, -0.25) is 20.4 Å². The number of nitrogens with one attached hydrogen (secondary N) is 2. The summed E-state index contributed by atoms with van der Waals surface area (Å²) < 4.78 is 5.64. The van der Waals surface area contributed by atoms with Crippen LogP contribution in [0.3, 0.4) is 0 Å². The van der Waals surface area contributed by atoms with Crippen LogP contribution >= 0.6 is 11.6 Å². The quantitative estimate of drug-likeness (QED) is 0.778. The maximum atomic E-state index is 12.4. The summed E-state index contributed by atoms with van der Waals surface area (Å²) in [6, 6.07) is 13.5. The van der Waals surface area contributed by atoms with Crippen LogP contribution in [-0.2, 0) is 22.4 Å². The molecule has 0 saturated heterocycles. The summed E-state index contributed by atoms with van der Waals surface area (Å²) in [5.74, 6) is -0.133. The van der Waals surface area contributed by atoms with E-state index in [2.05, 4.69) is 16.9 Å². The van der Waals surface area contributed by atoms with Gasteiger partial charge in [0.05, 0.1) is 12.5 Å². The Kier molecular flexibility index (Phi) is 5.39. The molecule has 2 aliphatic rings. The van der Waals surface area contributed by atoms with Crippen LogP contribution in [0.4, 0.5) is 5.69 Å². The number of rotatable bonds is 3. The normalized spacial score (nSPS) is 17.8. The Balaban J connectivity index is 1.30. The molecule has 2 amide bonds. The number of amides is 2. The highest BCUT2D eigenvalue weighted by atomic mass is 35.5. The van der Waals surface area contributed by atoms with E-state index < -0.39 is 0 Å². The Labute approximate surface area is 168 Å². The number of hydrogen-bond acceptors (Lipinski definition) is 4. The number of para-hydroxylation sites is 1. The van der Waals surface area contributed by atoms with E-state index in [4.69, 9.17) is 16.3 Å². The average molecular weight is 400 g/mol. The van der Waals surface area contributed by atoms with Gasteiger partial charge in [-0.05, 0) is 54.7 Å². The number of ether oxygens (including phenoxy) is 1. The molecule has 28 heavy (non-hydrogen) atoms. The zero-order valence-electron chi connectivity index (χ0n) is 15.4. The molecule has 4 rings (SSSR count). The molecule has 2 heterocycles. The summed E-state index contributed by atoms with van der Waals surface area (Å²) in [6.07, 6.45) is 2.56. The first-order valence-corrected chi connectivity index (χ1v) is 9.81. The zero-order valence-corrected chi connectivity index (χ0v) is 16.2. The fourth-order valence-corrected chi connectivity index (χ4v) is 3.95. The van der Waals surface area contributed by atoms with Crippen molar-refractivity contribution in [2.24, 2.45) is 5.92 Å². The molecular weight excluding hydrogens is 378 g/mol. The van der Waals surface area contributed by atoms with E-state index in [1.54, 1.807) is 6.07 Å². The van der Waals surface area contributed by atoms with Crippen LogP contribution < -0.4 is 20.5 Å². The van der Waals surface area contributed by atoms with Gasteiger partial charge in [0.25, 0.3) is 5.91 Å². The summed E-state index contributed by atoms with van der Waals surface area (Å²) in [4.78, 5) is 26.8. The molecule has 2 N–H and O–H groups in total. The average Bonchev–Trinajstić information content (AvgIpc) is 2.71. The number of carbonyl (C=O) groups is 2. The lowest BCUT2D eigenvalue weighted by Crippen LogP contribution is -2.50. The van der Waals surface area contributed by atoms with E-state index in [0.29, 0.717) is 11.4 Å². The Morgan fingerprint density at radius 3 is 2.89 bits per heavy atom. The number of hydrazine groups is 1. The second kappa shape index (κ2) is 8.10. The topological polar surface area (TPSA) is 70.7 Å². The van der Waals surface area contributed by atoms with Gasteiger partial charge < -0.3 is 9.64 Å². The van der Waals surface area contributed by atoms with Crippen molar-refractivity contribution in [3.8, 4) is 5.75 Å². The number of fused-ring (bicyclic) bond motifs is 2. The highest BCUT2D eigenvalue weighted by Gasteiger charge is 2.27. The monoisotopic (exact) mass is 399 g/mol. The number of benzene rings is 2. The third kappa shape index (κ3) is 4.07. The van der Waals surface area contributed by atoms with E-state index >= 15 is 0 Å². The first kappa shape index (κ1) is 18.6. The second-order valence-electron chi connectivity index (χ2n) is 7.16. The van der Waals surface area contributed by atoms with Crippen molar-refractivity contribution in [1.82, 2.24) is 10.9 Å². The fourth-order valence-electron chi connectivity index (χ4n) is 3.75. The molecule has 2 aromatic carbocycles. The van der Waals surface area contributed by atoms with E-state index in [1.807, 2.05) is 35.2 Å². The number of hydrogen-bond donors (Lipinski definition) is 2. The summed E-state index contributed by atoms with van der Waals surface area (Å²) in [5, 5.41) is 0.610. The standard InChI is InChI=1S/C21H22ClN3O3/c22-17-7-8-19-15(11-17)10-16(13-28-19)21(27)24-23-20(26)12-25-9-3-5-14-4-1-2-6-18(14)25/h1-2,4,6-8,11,16H,3,5,9-10,12-13H2,(H,23,26)(H,24,27)/t16-/m1/s1. The highest BCUT2D eigenvalue weighted by molar-refractivity contribution is 6.30. The Bertz CT molecular complexity index is 902. The summed E-state index contributed by atoms with van der Waals surface area (Å²) in [5.41, 5.74) is 8.30. The van der Waals surface area contributed by atoms with Gasteiger partial charge in [0.15, 0.2) is 0 Å². The minimum absolute atomic E-state index is 0.205. The third-order valence-corrected chi connectivity index (χ3v) is 5.40. The van der Waals surface area contributed by atoms with Crippen LogP contribution in [0.2, 0.25) is 5.02 Å². The first-order valence-electron chi connectivity index (χ1n) is 9.43. The summed E-state index contributed by atoms with van der Waals surface area (Å²) in [7, 11) is 0. The number of aryl methyl sites for hydroxylation is 1. The van der Waals surface area contributed by atoms with E-state index in [1.165, 1.54) is 5.56 Å². The summed E-state index contributed by atoms with van der Waals surface area (Å²) >= 11 is 6.02. The Morgan fingerprint density at radius 2 is 2.00 bits per heavy atom. The van der Waals surface area contributed by atoms with Crippen molar-refractivity contribution < 1.29 is 14.3 Å². The molecule has 0 spiro atoms. The van der Waals surface area contributed by atoms with Crippen LogP contribution in [-0.4, -0.2) is 31.5 Å². The van der Waals surface area contributed by atoms with Gasteiger partial charge in [0, 0.05) is 17.3 Å². The molecule has 7 heteroatoms. The fraction of sp³-hybridized carbons (Fsp3) is 0.333. The molecular formula is C21H22ClN3O3. The highest BCUT2D eigenvalue weighted by Crippen LogP contribution is 2.30. The van der Waals surface area contributed by atoms with Crippen molar-refractivity contribution >= 4 is 29.1 Å². The van der Waals surface area contributed by atoms with Crippen molar-refractivity contribution in [3.05, 3.63) is 58.6 Å². The molecule has 0 aromatic heterocycles. The molecule has 2 aliphatic heterocycles. The van der Waals surface area contributed by atoms with Gasteiger partial charge >= 0.3 is 0 Å². The van der Waals surface area contributed by atoms with Crippen LogP contribution in [0.25, 0.3) is 0 Å². The predicted molar refractivity (Wildman–Crippen MR) is 107 cm³/mol. The number of carbonyl (C=O) groups excluding carboxylic acids is 2. The molecule has 0 aliphatic carbocycles. The molecule has 0 bridgehead atoms. The SMILES string of the molecule is O=C(CN1CCCc2ccccc21)NNC(=O)[C@H]1COc2ccc(Cl)cc2C1. The van der Waals surface area contributed by atoms with Gasteiger partial charge in [0.1, 0.15) is 12.4 Å². The van der Waals surface area contributed by atoms with Crippen LogP contribution in [0.1, 0.15) is 17.5 Å². The molecule has 6 nitrogen and oxygen atoms in total. The van der Waals surface area contributed by atoms with Crippen molar-refractivity contribution in [3.63, 3.8) is 0 Å². The maximum Gasteiger partial charge on any atom is 0.257 e. The number of nitrogens with zero attached hydrogens (tertiary/aromatic N) is 1. The van der Waals surface area contributed by atoms with Crippen LogP contribution in [0, 0.1) is 5.92 Å². The first-order chi connectivity index (χ1) is 13.6. The van der Waals surface area contributed by atoms with Gasteiger partial charge in [0.2, 0.25) is 5.91 Å². The lowest BCUT2D eigenvalue weighted by Gasteiger charge is -2.30. The minimum Gasteiger partial charge on any atom is -0.492 e. The molecule has 1 atom stereocenters. The molecule has 0 radical (unpaired) electrons. The van der Waals surface area contributed by atoms with E-state index in [0.717, 1.165) is 36.4 Å². The van der Waals surface area contributed by atoms with Gasteiger partial charge in [-0.25, -0.2) is 0 Å². The van der Waals surface area contributed by atoms with Crippen molar-refractivity contribution in [1.29, 1.82) is 0 Å². The second-order valence-corrected chi connectivity index (χ2v) is 7.59. The van der Waals surface area contributed by atoms with Crippen LogP contribution in [0.5, 0.6) is 5.75 Å². The molecule has 0 fully saturated rings. The lowest BCUT2D eigenvalue weighted by molar-refractivity contribution is -0.131. The van der Waals surface area contributed by atoms with E-state index in [-0.39, 0.29) is 30.9 Å². The molecule has 2 aromatic rings. The largest absolute Gasteiger partial charge is 0.492 e. The molecule has 146 valence electrons. The molecule has 0 saturated carbocycles. The number of anilines is 1. The van der Waals surface area contributed by atoms with Crippen molar-refractivity contribution in [2.75, 3.05) is 24.6 Å². The van der Waals surface area contributed by atoms with Gasteiger partial charge in [-0.2, -0.15) is 0 Å². The Hall–Kier alpha value is -2.73.